The van der Waals surface area contributed by atoms with Crippen molar-refractivity contribution in [1.82, 2.24) is 4.72 Å². The first-order chi connectivity index (χ1) is 7.26. The summed E-state index contributed by atoms with van der Waals surface area (Å²) in [5, 5.41) is 0. The van der Waals surface area contributed by atoms with Crippen molar-refractivity contribution in [3.05, 3.63) is 11.8 Å². The first-order valence-electron chi connectivity index (χ1n) is 5.75. The lowest BCUT2D eigenvalue weighted by atomic mass is 10.3. The molecule has 0 radical (unpaired) electrons. The van der Waals surface area contributed by atoms with Gasteiger partial charge in [-0.1, -0.05) is 19.8 Å². The molecule has 0 saturated heterocycles. The molecule has 0 fully saturated rings. The average Bonchev–Trinajstić information content (AvgIpc) is 2.18. The molecule has 1 rings (SSSR count). The van der Waals surface area contributed by atoms with E-state index in [2.05, 4.69) is 16.0 Å². The van der Waals surface area contributed by atoms with Crippen LogP contribution in [0, 0.1) is 0 Å². The van der Waals surface area contributed by atoms with Crippen LogP contribution in [-0.2, 0) is 15.6 Å². The van der Waals surface area contributed by atoms with Crippen molar-refractivity contribution in [3.63, 3.8) is 0 Å². The van der Waals surface area contributed by atoms with E-state index in [0.717, 1.165) is 18.1 Å². The predicted octanol–water partition coefficient (Wildman–Crippen LogP) is 2.76. The molecule has 0 bridgehead atoms. The van der Waals surface area contributed by atoms with Crippen LogP contribution in [0.5, 0.6) is 0 Å². The van der Waals surface area contributed by atoms with Crippen LogP contribution in [-0.4, -0.2) is 18.6 Å². The number of unbranched alkanes of at least 4 members (excludes halogenated alkanes) is 2. The minimum absolute atomic E-state index is 0.0261. The molecule has 0 amide bonds. The van der Waals surface area contributed by atoms with Gasteiger partial charge in [0.05, 0.1) is 0 Å². The second-order valence-corrected chi connectivity index (χ2v) is 5.23. The van der Waals surface area contributed by atoms with Crippen molar-refractivity contribution in [1.29, 1.82) is 0 Å². The minimum atomic E-state index is -0.0261. The molecule has 1 aliphatic rings. The molecule has 4 heteroatoms. The Bertz CT molecular complexity index is 251. The maximum atomic E-state index is 5.55. The van der Waals surface area contributed by atoms with Gasteiger partial charge in [-0.25, -0.2) is 9.08 Å². The highest BCUT2D eigenvalue weighted by molar-refractivity contribution is 7.85. The van der Waals surface area contributed by atoms with E-state index >= 15 is 0 Å². The maximum Gasteiger partial charge on any atom is 0.138 e. The zero-order chi connectivity index (χ0) is 11.1. The SMILES string of the molecule is CCCCCS1=NC(C)=CC(OCC)N1. The fraction of sp³-hybridized carbons (Fsp3) is 0.818. The van der Waals surface area contributed by atoms with Gasteiger partial charge in [0, 0.05) is 18.1 Å². The molecule has 3 nitrogen and oxygen atoms in total. The van der Waals surface area contributed by atoms with Crippen molar-refractivity contribution in [2.24, 2.45) is 4.36 Å². The second kappa shape index (κ2) is 7.14. The molecule has 1 aliphatic heterocycles. The van der Waals surface area contributed by atoms with Crippen LogP contribution in [0.1, 0.15) is 40.0 Å². The quantitative estimate of drug-likeness (QED) is 0.712. The Hall–Kier alpha value is -0.190. The summed E-state index contributed by atoms with van der Waals surface area (Å²) in [5.74, 6) is 1.14. The van der Waals surface area contributed by atoms with Crippen LogP contribution in [0.3, 0.4) is 0 Å². The number of nitrogens with one attached hydrogen (secondary N) is 1. The van der Waals surface area contributed by atoms with Crippen molar-refractivity contribution >= 4 is 10.9 Å². The van der Waals surface area contributed by atoms with Gasteiger partial charge < -0.3 is 4.74 Å². The fourth-order valence-electron chi connectivity index (χ4n) is 1.47. The lowest BCUT2D eigenvalue weighted by Crippen LogP contribution is -2.35. The van der Waals surface area contributed by atoms with E-state index < -0.39 is 0 Å². The van der Waals surface area contributed by atoms with E-state index in [-0.39, 0.29) is 17.1 Å². The summed E-state index contributed by atoms with van der Waals surface area (Å²) < 4.78 is 13.5. The zero-order valence-corrected chi connectivity index (χ0v) is 10.8. The average molecular weight is 230 g/mol. The summed E-state index contributed by atoms with van der Waals surface area (Å²) in [6, 6.07) is 0. The van der Waals surface area contributed by atoms with Crippen LogP contribution in [0.2, 0.25) is 0 Å². The summed E-state index contributed by atoms with van der Waals surface area (Å²) in [7, 11) is -0.0261. The Balaban J connectivity index is 2.41. The molecule has 0 aromatic carbocycles. The van der Waals surface area contributed by atoms with E-state index in [1.54, 1.807) is 0 Å². The Labute approximate surface area is 95.5 Å². The summed E-state index contributed by atoms with van der Waals surface area (Å²) in [4.78, 5) is 0. The van der Waals surface area contributed by atoms with Gasteiger partial charge in [0.2, 0.25) is 0 Å². The van der Waals surface area contributed by atoms with Crippen molar-refractivity contribution in [2.75, 3.05) is 12.4 Å². The monoisotopic (exact) mass is 230 g/mol. The number of nitrogens with zero attached hydrogens (tertiary/aromatic N) is 1. The molecule has 2 atom stereocenters. The Morgan fingerprint density at radius 2 is 2.27 bits per heavy atom. The molecule has 2 unspecified atom stereocenters. The smallest absolute Gasteiger partial charge is 0.138 e. The number of ether oxygens (including phenoxy) is 1. The molecule has 1 N–H and O–H groups in total. The maximum absolute atomic E-state index is 5.55. The predicted molar refractivity (Wildman–Crippen MR) is 66.5 cm³/mol. The van der Waals surface area contributed by atoms with E-state index in [1.807, 2.05) is 19.9 Å². The summed E-state index contributed by atoms with van der Waals surface area (Å²) >= 11 is 0. The summed E-state index contributed by atoms with van der Waals surface area (Å²) in [6.07, 6.45) is 5.93. The molecule has 0 saturated carbocycles. The van der Waals surface area contributed by atoms with Gasteiger partial charge in [-0.05, 0) is 37.2 Å². The summed E-state index contributed by atoms with van der Waals surface area (Å²) in [6.45, 7) is 7.04. The highest BCUT2D eigenvalue weighted by Crippen LogP contribution is 2.10. The first-order valence-corrected chi connectivity index (χ1v) is 7.10. The van der Waals surface area contributed by atoms with Gasteiger partial charge in [0.25, 0.3) is 0 Å². The molecule has 15 heavy (non-hydrogen) atoms. The van der Waals surface area contributed by atoms with Gasteiger partial charge in [-0.3, -0.25) is 0 Å². The third kappa shape index (κ3) is 4.91. The molecule has 88 valence electrons. The number of allylic oxidation sites excluding steroid dienone is 1. The van der Waals surface area contributed by atoms with Gasteiger partial charge in [-0.2, -0.15) is 0 Å². The van der Waals surface area contributed by atoms with Crippen LogP contribution < -0.4 is 4.72 Å². The third-order valence-corrected chi connectivity index (χ3v) is 3.87. The highest BCUT2D eigenvalue weighted by atomic mass is 32.2. The van der Waals surface area contributed by atoms with Crippen molar-refractivity contribution in [2.45, 2.75) is 46.3 Å². The lowest BCUT2D eigenvalue weighted by Gasteiger charge is -2.21. The number of hydrogen-bond donors (Lipinski definition) is 1. The van der Waals surface area contributed by atoms with E-state index in [4.69, 9.17) is 4.74 Å². The molecule has 0 spiro atoms. The minimum Gasteiger partial charge on any atom is -0.359 e. The lowest BCUT2D eigenvalue weighted by molar-refractivity contribution is 0.0894. The molecular formula is C11H22N2OS. The Kier molecular flexibility index (Phi) is 6.13. The molecular weight excluding hydrogens is 208 g/mol. The highest BCUT2D eigenvalue weighted by Gasteiger charge is 2.12. The zero-order valence-electron chi connectivity index (χ0n) is 9.95. The number of hydrogen-bond acceptors (Lipinski definition) is 3. The topological polar surface area (TPSA) is 33.6 Å². The van der Waals surface area contributed by atoms with Gasteiger partial charge in [-0.15, -0.1) is 0 Å². The normalized spacial score (nSPS) is 25.9. The first kappa shape index (κ1) is 12.9. The van der Waals surface area contributed by atoms with Crippen LogP contribution in [0.4, 0.5) is 0 Å². The van der Waals surface area contributed by atoms with E-state index in [1.165, 1.54) is 19.3 Å². The standard InChI is InChI=1S/C11H22N2OS/c1-4-6-7-8-15-12-10(3)9-11(13-15)14-5-2/h9,11H,4-8H2,1-3H3,(H,12,13). The Morgan fingerprint density at radius 3 is 2.93 bits per heavy atom. The van der Waals surface area contributed by atoms with Crippen LogP contribution in [0.15, 0.2) is 16.1 Å². The molecule has 1 heterocycles. The van der Waals surface area contributed by atoms with Crippen LogP contribution in [0.25, 0.3) is 0 Å². The second-order valence-electron chi connectivity index (χ2n) is 3.67. The van der Waals surface area contributed by atoms with E-state index in [0.29, 0.717) is 0 Å². The Morgan fingerprint density at radius 1 is 1.47 bits per heavy atom. The fourth-order valence-corrected chi connectivity index (χ4v) is 3.02. The van der Waals surface area contributed by atoms with Crippen LogP contribution >= 0.6 is 0 Å². The van der Waals surface area contributed by atoms with Crippen molar-refractivity contribution in [3.8, 4) is 0 Å². The largest absolute Gasteiger partial charge is 0.359 e. The van der Waals surface area contributed by atoms with E-state index in [9.17, 15) is 0 Å². The van der Waals surface area contributed by atoms with Crippen molar-refractivity contribution < 1.29 is 4.74 Å². The number of rotatable bonds is 6. The molecule has 0 aliphatic carbocycles. The molecule has 0 aromatic heterocycles. The van der Waals surface area contributed by atoms with Gasteiger partial charge >= 0.3 is 0 Å². The third-order valence-electron chi connectivity index (χ3n) is 2.19. The van der Waals surface area contributed by atoms with Gasteiger partial charge in [0.1, 0.15) is 6.23 Å². The van der Waals surface area contributed by atoms with Gasteiger partial charge in [0.15, 0.2) is 0 Å². The molecule has 0 aromatic rings. The summed E-state index contributed by atoms with van der Waals surface area (Å²) in [5.41, 5.74) is 1.10.